The zero-order chi connectivity index (χ0) is 13.2. The number of rotatable bonds is 3. The Hall–Kier alpha value is -1.91. The van der Waals surface area contributed by atoms with Gasteiger partial charge in [0.2, 0.25) is 0 Å². The van der Waals surface area contributed by atoms with E-state index in [0.29, 0.717) is 5.92 Å². The summed E-state index contributed by atoms with van der Waals surface area (Å²) < 4.78 is 1.92. The molecule has 0 radical (unpaired) electrons. The first-order valence-electron chi connectivity index (χ1n) is 6.86. The van der Waals surface area contributed by atoms with Crippen LogP contribution in [0.3, 0.4) is 0 Å². The molecule has 0 spiro atoms. The third kappa shape index (κ3) is 2.59. The van der Waals surface area contributed by atoms with E-state index in [2.05, 4.69) is 21.6 Å². The lowest BCUT2D eigenvalue weighted by Crippen LogP contribution is -2.10. The Bertz CT molecular complexity index is 549. The molecule has 100 valence electrons. The van der Waals surface area contributed by atoms with Crippen molar-refractivity contribution in [3.05, 3.63) is 23.8 Å². The van der Waals surface area contributed by atoms with Crippen LogP contribution in [0.15, 0.2) is 18.2 Å². The van der Waals surface area contributed by atoms with Crippen molar-refractivity contribution in [2.24, 2.45) is 5.92 Å². The van der Waals surface area contributed by atoms with Gasteiger partial charge in [-0.15, -0.1) is 5.10 Å². The largest absolute Gasteiger partial charge is 0.399 e. The normalized spacial score (nSPS) is 16.1. The van der Waals surface area contributed by atoms with Gasteiger partial charge in [-0.25, -0.2) is 4.68 Å². The lowest BCUT2D eigenvalue weighted by atomic mass is 10.1. The number of benzene rings is 1. The molecule has 0 amide bonds. The van der Waals surface area contributed by atoms with Gasteiger partial charge in [-0.2, -0.15) is 0 Å². The number of anilines is 1. The smallest absolute Gasteiger partial charge is 0.182 e. The number of hydrogen-bond acceptors (Lipinski definition) is 4. The van der Waals surface area contributed by atoms with Crippen LogP contribution < -0.4 is 5.73 Å². The van der Waals surface area contributed by atoms with E-state index in [1.807, 2.05) is 23.7 Å². The minimum absolute atomic E-state index is 0.712. The van der Waals surface area contributed by atoms with Crippen LogP contribution >= 0.6 is 0 Å². The minimum atomic E-state index is 0.712. The second kappa shape index (κ2) is 4.99. The first-order chi connectivity index (χ1) is 9.22. The van der Waals surface area contributed by atoms with Crippen LogP contribution in [-0.2, 0) is 6.54 Å². The van der Waals surface area contributed by atoms with Crippen LogP contribution in [-0.4, -0.2) is 20.2 Å². The molecule has 5 heteroatoms. The van der Waals surface area contributed by atoms with Crippen LogP contribution in [0.25, 0.3) is 11.4 Å². The first kappa shape index (κ1) is 12.1. The highest BCUT2D eigenvalue weighted by Crippen LogP contribution is 2.28. The molecule has 1 aliphatic carbocycles. The molecule has 2 aromatic rings. The van der Waals surface area contributed by atoms with E-state index in [4.69, 9.17) is 5.73 Å². The maximum Gasteiger partial charge on any atom is 0.182 e. The van der Waals surface area contributed by atoms with E-state index in [-0.39, 0.29) is 0 Å². The summed E-state index contributed by atoms with van der Waals surface area (Å²) in [5.41, 5.74) is 8.79. The van der Waals surface area contributed by atoms with E-state index in [9.17, 15) is 0 Å². The lowest BCUT2D eigenvalue weighted by molar-refractivity contribution is 0.424. The van der Waals surface area contributed by atoms with E-state index < -0.39 is 0 Å². The highest BCUT2D eigenvalue weighted by molar-refractivity contribution is 5.62. The molecule has 19 heavy (non-hydrogen) atoms. The zero-order valence-electron chi connectivity index (χ0n) is 11.2. The Balaban J connectivity index is 1.90. The summed E-state index contributed by atoms with van der Waals surface area (Å²) in [6.07, 6.45) is 5.24. The Kier molecular flexibility index (Phi) is 3.19. The first-order valence-corrected chi connectivity index (χ1v) is 6.86. The van der Waals surface area contributed by atoms with Gasteiger partial charge < -0.3 is 5.73 Å². The third-order valence-electron chi connectivity index (χ3n) is 3.80. The van der Waals surface area contributed by atoms with Crippen LogP contribution in [0, 0.1) is 12.8 Å². The second-order valence-corrected chi connectivity index (χ2v) is 5.47. The Morgan fingerprint density at radius 3 is 2.79 bits per heavy atom. The predicted octanol–water partition coefficient (Wildman–Crippen LogP) is 2.42. The van der Waals surface area contributed by atoms with Crippen molar-refractivity contribution >= 4 is 5.69 Å². The van der Waals surface area contributed by atoms with Crippen LogP contribution in [0.1, 0.15) is 31.2 Å². The van der Waals surface area contributed by atoms with Crippen LogP contribution in [0.2, 0.25) is 0 Å². The molecular formula is C14H19N5. The molecule has 1 fully saturated rings. The van der Waals surface area contributed by atoms with Crippen LogP contribution in [0.4, 0.5) is 5.69 Å². The molecule has 0 aliphatic heterocycles. The van der Waals surface area contributed by atoms with Gasteiger partial charge in [0.15, 0.2) is 5.82 Å². The predicted molar refractivity (Wildman–Crippen MR) is 74.4 cm³/mol. The number of tetrazole rings is 1. The summed E-state index contributed by atoms with van der Waals surface area (Å²) in [5.74, 6) is 1.53. The van der Waals surface area contributed by atoms with Crippen molar-refractivity contribution in [2.45, 2.75) is 39.2 Å². The highest BCUT2D eigenvalue weighted by atomic mass is 15.5. The summed E-state index contributed by atoms with van der Waals surface area (Å²) in [5, 5.41) is 12.1. The summed E-state index contributed by atoms with van der Waals surface area (Å²) in [6.45, 7) is 2.95. The monoisotopic (exact) mass is 257 g/mol. The van der Waals surface area contributed by atoms with Gasteiger partial charge in [0.25, 0.3) is 0 Å². The van der Waals surface area contributed by atoms with Gasteiger partial charge in [-0.3, -0.25) is 0 Å². The number of nitrogens with zero attached hydrogens (tertiary/aromatic N) is 4. The number of hydrogen-bond donors (Lipinski definition) is 1. The van der Waals surface area contributed by atoms with Gasteiger partial charge >= 0.3 is 0 Å². The minimum Gasteiger partial charge on any atom is -0.399 e. The molecule has 3 rings (SSSR count). The highest BCUT2D eigenvalue weighted by Gasteiger charge is 2.18. The summed E-state index contributed by atoms with van der Waals surface area (Å²) in [6, 6.07) is 5.96. The SMILES string of the molecule is Cc1cc(N)cc(-c2nnnn2CC2CCCC2)c1. The zero-order valence-corrected chi connectivity index (χ0v) is 11.2. The van der Waals surface area contributed by atoms with Crippen molar-refractivity contribution < 1.29 is 0 Å². The topological polar surface area (TPSA) is 69.6 Å². The fourth-order valence-corrected chi connectivity index (χ4v) is 2.91. The van der Waals surface area contributed by atoms with Gasteiger partial charge in [-0.1, -0.05) is 12.8 Å². The molecule has 1 aromatic heterocycles. The number of nitrogens with two attached hydrogens (primary N) is 1. The molecule has 0 unspecified atom stereocenters. The van der Waals surface area contributed by atoms with Gasteiger partial charge in [-0.05, 0) is 59.9 Å². The third-order valence-corrected chi connectivity index (χ3v) is 3.80. The molecular weight excluding hydrogens is 238 g/mol. The van der Waals surface area contributed by atoms with Crippen molar-refractivity contribution in [3.8, 4) is 11.4 Å². The average Bonchev–Trinajstić information content (AvgIpc) is 2.99. The summed E-state index contributed by atoms with van der Waals surface area (Å²) in [4.78, 5) is 0. The Morgan fingerprint density at radius 1 is 1.26 bits per heavy atom. The molecule has 1 aromatic carbocycles. The van der Waals surface area contributed by atoms with Crippen molar-refractivity contribution in [1.29, 1.82) is 0 Å². The van der Waals surface area contributed by atoms with Gasteiger partial charge in [0.1, 0.15) is 0 Å². The van der Waals surface area contributed by atoms with Gasteiger partial charge in [0, 0.05) is 17.8 Å². The van der Waals surface area contributed by atoms with E-state index in [0.717, 1.165) is 29.2 Å². The molecule has 1 aliphatic rings. The molecule has 5 nitrogen and oxygen atoms in total. The summed E-state index contributed by atoms with van der Waals surface area (Å²) >= 11 is 0. The van der Waals surface area contributed by atoms with Crippen LogP contribution in [0.5, 0.6) is 0 Å². The molecule has 0 bridgehead atoms. The van der Waals surface area contributed by atoms with E-state index in [1.54, 1.807) is 0 Å². The Labute approximate surface area is 112 Å². The van der Waals surface area contributed by atoms with Crippen molar-refractivity contribution in [3.63, 3.8) is 0 Å². The van der Waals surface area contributed by atoms with Gasteiger partial charge in [0.05, 0.1) is 0 Å². The Morgan fingerprint density at radius 2 is 2.05 bits per heavy atom. The maximum absolute atomic E-state index is 5.90. The average molecular weight is 257 g/mol. The summed E-state index contributed by atoms with van der Waals surface area (Å²) in [7, 11) is 0. The second-order valence-electron chi connectivity index (χ2n) is 5.47. The fraction of sp³-hybridized carbons (Fsp3) is 0.500. The number of aromatic nitrogens is 4. The molecule has 1 heterocycles. The quantitative estimate of drug-likeness (QED) is 0.857. The van der Waals surface area contributed by atoms with E-state index >= 15 is 0 Å². The van der Waals surface area contributed by atoms with Crippen molar-refractivity contribution in [1.82, 2.24) is 20.2 Å². The molecule has 1 saturated carbocycles. The fourth-order valence-electron chi connectivity index (χ4n) is 2.91. The number of nitrogen functional groups attached to an aromatic ring is 1. The van der Waals surface area contributed by atoms with E-state index in [1.165, 1.54) is 25.7 Å². The van der Waals surface area contributed by atoms with Crippen molar-refractivity contribution in [2.75, 3.05) is 5.73 Å². The maximum atomic E-state index is 5.90. The molecule has 2 N–H and O–H groups in total. The standard InChI is InChI=1S/C14H19N5/c1-10-6-12(8-13(15)7-10)14-16-17-18-19(14)9-11-4-2-3-5-11/h6-8,11H,2-5,9,15H2,1H3. The number of aryl methyl sites for hydroxylation is 1. The molecule has 0 saturated heterocycles. The molecule has 0 atom stereocenters. The lowest BCUT2D eigenvalue weighted by Gasteiger charge is -2.10.